The van der Waals surface area contributed by atoms with E-state index in [1.165, 1.54) is 22.9 Å². The molecule has 2 aromatic rings. The normalized spacial score (nSPS) is 35.8. The molecule has 0 spiro atoms. The molecule has 11 heteroatoms. The van der Waals surface area contributed by atoms with Crippen LogP contribution in [0.1, 0.15) is 85.0 Å². The van der Waals surface area contributed by atoms with Gasteiger partial charge in [0.1, 0.15) is 12.6 Å². The highest BCUT2D eigenvalue weighted by atomic mass is 79.9. The predicted octanol–water partition coefficient (Wildman–Crippen LogP) is 6.69. The van der Waals surface area contributed by atoms with Crippen LogP contribution in [0.3, 0.4) is 0 Å². The first kappa shape index (κ1) is 33.7. The van der Waals surface area contributed by atoms with Crippen LogP contribution in [-0.2, 0) is 25.6 Å². The highest BCUT2D eigenvalue weighted by Gasteiger charge is 2.63. The number of halogens is 1. The lowest BCUT2D eigenvalue weighted by Gasteiger charge is -2.62. The molecule has 10 atom stereocenters. The molecule has 46 heavy (non-hydrogen) atoms. The summed E-state index contributed by atoms with van der Waals surface area (Å²) in [5, 5.41) is 16.4. The molecule has 252 valence electrons. The largest absolute Gasteiger partial charge is 0.469 e. The lowest BCUT2D eigenvalue weighted by atomic mass is 9.43. The summed E-state index contributed by atoms with van der Waals surface area (Å²) in [6.07, 6.45) is 8.90. The van der Waals surface area contributed by atoms with Crippen molar-refractivity contribution in [2.45, 2.75) is 104 Å². The Labute approximate surface area is 285 Å². The van der Waals surface area contributed by atoms with Gasteiger partial charge in [0.05, 0.1) is 13.2 Å². The van der Waals surface area contributed by atoms with Crippen LogP contribution in [0, 0.1) is 51.1 Å². The number of carbonyl (C=O) groups excluding carboxylic acids is 2. The van der Waals surface area contributed by atoms with Crippen LogP contribution >= 0.6 is 28.1 Å². The molecule has 0 unspecified atom stereocenters. The van der Waals surface area contributed by atoms with Crippen LogP contribution in [0.15, 0.2) is 28.7 Å². The average Bonchev–Trinajstić information content (AvgIpc) is 3.53. The summed E-state index contributed by atoms with van der Waals surface area (Å²) >= 11 is 8.93. The first-order valence-corrected chi connectivity index (χ1v) is 18.2. The Bertz CT molecular complexity index is 1510. The summed E-state index contributed by atoms with van der Waals surface area (Å²) in [7, 11) is 1.45. The van der Waals surface area contributed by atoms with Crippen molar-refractivity contribution in [3.63, 3.8) is 0 Å². The maximum atomic E-state index is 13.1. The zero-order valence-electron chi connectivity index (χ0n) is 27.5. The van der Waals surface area contributed by atoms with Gasteiger partial charge < -0.3 is 20.4 Å². The van der Waals surface area contributed by atoms with E-state index < -0.39 is 0 Å². The summed E-state index contributed by atoms with van der Waals surface area (Å²) < 4.78 is 14.9. The van der Waals surface area contributed by atoms with Gasteiger partial charge in [-0.25, -0.2) is 9.36 Å². The van der Waals surface area contributed by atoms with Gasteiger partial charge in [-0.1, -0.05) is 48.8 Å². The monoisotopic (exact) mass is 716 g/mol. The van der Waals surface area contributed by atoms with Gasteiger partial charge in [0.15, 0.2) is 5.82 Å². The van der Waals surface area contributed by atoms with Gasteiger partial charge in [-0.15, -0.1) is 5.10 Å². The third-order valence-corrected chi connectivity index (χ3v) is 14.0. The van der Waals surface area contributed by atoms with Crippen LogP contribution in [-0.4, -0.2) is 50.8 Å². The zero-order valence-corrected chi connectivity index (χ0v) is 29.9. The number of benzene rings is 1. The van der Waals surface area contributed by atoms with Gasteiger partial charge in [-0.3, -0.25) is 9.59 Å². The minimum atomic E-state index is -0.346. The minimum absolute atomic E-state index is 0.0820. The van der Waals surface area contributed by atoms with E-state index in [1.54, 1.807) is 0 Å². The Morgan fingerprint density at radius 1 is 1.11 bits per heavy atom. The molecule has 0 saturated heterocycles. The van der Waals surface area contributed by atoms with E-state index in [2.05, 4.69) is 41.8 Å². The third-order valence-electron chi connectivity index (χ3n) is 13.1. The van der Waals surface area contributed by atoms with E-state index >= 15 is 0 Å². The smallest absolute Gasteiger partial charge is 0.328 e. The lowest BCUT2D eigenvalue weighted by Crippen LogP contribution is -2.59. The van der Waals surface area contributed by atoms with Crippen LogP contribution in [0.2, 0.25) is 0 Å². The number of hydrogen-bond acceptors (Lipinski definition) is 8. The molecule has 0 aliphatic heterocycles. The molecule has 1 aromatic heterocycles. The molecule has 1 aromatic carbocycles. The molecule has 9 nitrogen and oxygen atoms in total. The van der Waals surface area contributed by atoms with E-state index in [1.807, 2.05) is 24.3 Å². The fourth-order valence-corrected chi connectivity index (χ4v) is 11.0. The van der Waals surface area contributed by atoms with E-state index in [9.17, 15) is 14.7 Å². The van der Waals surface area contributed by atoms with Crippen molar-refractivity contribution < 1.29 is 24.2 Å². The second kappa shape index (κ2) is 13.0. The molecule has 4 fully saturated rings. The minimum Gasteiger partial charge on any atom is -0.469 e. The van der Waals surface area contributed by atoms with Gasteiger partial charge in [0.2, 0.25) is 4.77 Å². The maximum Gasteiger partial charge on any atom is 0.328 e. The number of hydrogen-bond donors (Lipinski definition) is 2. The number of aliphatic hydroxyl groups excluding tert-OH is 1. The fourth-order valence-electron chi connectivity index (χ4n) is 10.6. The van der Waals surface area contributed by atoms with Crippen LogP contribution in [0.25, 0.3) is 11.4 Å². The molecule has 6 rings (SSSR count). The first-order chi connectivity index (χ1) is 21.9. The number of nitrogen functional groups attached to an aromatic ring is 1. The van der Waals surface area contributed by atoms with Crippen LogP contribution in [0.4, 0.5) is 0 Å². The van der Waals surface area contributed by atoms with Crippen molar-refractivity contribution in [3.8, 4) is 11.4 Å². The topological polar surface area (TPSA) is 122 Å². The molecule has 4 saturated carbocycles. The molecule has 4 aliphatic rings. The number of esters is 2. The molecule has 3 N–H and O–H groups in total. The van der Waals surface area contributed by atoms with Gasteiger partial charge in [-0.2, -0.15) is 0 Å². The number of fused-ring (bicyclic) bond motifs is 5. The fraction of sp³-hybridized carbons (Fsp3) is 0.714. The van der Waals surface area contributed by atoms with Crippen LogP contribution in [0.5, 0.6) is 0 Å². The summed E-state index contributed by atoms with van der Waals surface area (Å²) in [6, 6.07) is 7.60. The van der Waals surface area contributed by atoms with E-state index in [0.29, 0.717) is 47.8 Å². The molecule has 1 heterocycles. The number of nitrogens with two attached hydrogens (primary N) is 1. The molecule has 0 amide bonds. The van der Waals surface area contributed by atoms with Gasteiger partial charge in [0, 0.05) is 16.5 Å². The standard InChI is InChI=1S/C35H49BrN4O5S/c1-20(5-14-30(42)44-4)26-12-13-27-25-11-8-22-17-24(15-16-34(22,2)28(25)18-29(41)35(26,27)3)45-31(43)19-39-33(46)40(37)32(38-39)21-6-9-23(36)10-7-21/h6-7,9-10,20,22,24-29,41H,5,8,11-19,37H2,1-4H3/t20-,22-,24-,25+,26-,27+,28+,29+,34+,35-/m1/s1. The summed E-state index contributed by atoms with van der Waals surface area (Å²) in [4.78, 5) is 25.0. The predicted molar refractivity (Wildman–Crippen MR) is 181 cm³/mol. The number of rotatable bonds is 8. The summed E-state index contributed by atoms with van der Waals surface area (Å²) in [5.74, 6) is 9.05. The van der Waals surface area contributed by atoms with Crippen molar-refractivity contribution in [1.29, 1.82) is 0 Å². The van der Waals surface area contributed by atoms with E-state index in [0.717, 1.165) is 61.4 Å². The maximum absolute atomic E-state index is 13.1. The average molecular weight is 718 g/mol. The quantitative estimate of drug-likeness (QED) is 0.176. The molecule has 0 radical (unpaired) electrons. The Morgan fingerprint density at radius 3 is 2.57 bits per heavy atom. The van der Waals surface area contributed by atoms with Crippen molar-refractivity contribution in [2.75, 3.05) is 13.0 Å². The number of carbonyl (C=O) groups is 2. The van der Waals surface area contributed by atoms with Crippen molar-refractivity contribution in [1.82, 2.24) is 14.5 Å². The number of nitrogens with zero attached hydrogens (tertiary/aromatic N) is 3. The highest BCUT2D eigenvalue weighted by molar-refractivity contribution is 9.10. The number of aliphatic hydroxyl groups is 1. The van der Waals surface area contributed by atoms with Gasteiger partial charge >= 0.3 is 11.9 Å². The number of ether oxygens (including phenoxy) is 2. The number of methoxy groups -OCH3 is 1. The van der Waals surface area contributed by atoms with Gasteiger partial charge in [0.25, 0.3) is 0 Å². The Kier molecular flexibility index (Phi) is 9.50. The van der Waals surface area contributed by atoms with E-state index in [-0.39, 0.29) is 46.3 Å². The summed E-state index contributed by atoms with van der Waals surface area (Å²) in [5.41, 5.74) is 0.825. The third kappa shape index (κ3) is 5.87. The molecular weight excluding hydrogens is 668 g/mol. The first-order valence-electron chi connectivity index (χ1n) is 17.0. The SMILES string of the molecule is COC(=O)CC[C@@H](C)[C@H]1CC[C@H]2[C@@H]3CC[C@@H]4C[C@H](OC(=O)Cn5nc(-c6ccc(Br)cc6)n(N)c5=S)CC[C@]4(C)[C@H]3C[C@H](O)[C@]12C. The van der Waals surface area contributed by atoms with Crippen LogP contribution < -0.4 is 5.84 Å². The highest BCUT2D eigenvalue weighted by Crippen LogP contribution is 2.68. The second-order valence-electron chi connectivity index (χ2n) is 15.1. The molecular formula is C35H49BrN4O5S. The Balaban J connectivity index is 1.09. The Hall–Kier alpha value is -2.24. The van der Waals surface area contributed by atoms with Crippen molar-refractivity contribution >= 4 is 40.1 Å². The molecule has 0 bridgehead atoms. The Morgan fingerprint density at radius 2 is 1.85 bits per heavy atom. The summed E-state index contributed by atoms with van der Waals surface area (Å²) in [6.45, 7) is 6.97. The van der Waals surface area contributed by atoms with E-state index in [4.69, 9.17) is 27.5 Å². The van der Waals surface area contributed by atoms with Crippen molar-refractivity contribution in [2.24, 2.45) is 46.3 Å². The zero-order chi connectivity index (χ0) is 33.0. The van der Waals surface area contributed by atoms with Gasteiger partial charge in [-0.05, 0) is 128 Å². The lowest BCUT2D eigenvalue weighted by molar-refractivity contribution is -0.182. The number of aromatic nitrogens is 3. The van der Waals surface area contributed by atoms with Crippen molar-refractivity contribution in [3.05, 3.63) is 33.5 Å². The molecule has 4 aliphatic carbocycles. The second-order valence-corrected chi connectivity index (χ2v) is 16.4.